The van der Waals surface area contributed by atoms with E-state index in [-0.39, 0.29) is 0 Å². The third-order valence-corrected chi connectivity index (χ3v) is 2.14. The zero-order valence-electron chi connectivity index (χ0n) is 6.84. The van der Waals surface area contributed by atoms with Crippen molar-refractivity contribution in [3.8, 4) is 0 Å². The molecule has 0 saturated heterocycles. The maximum atomic E-state index is 3.49. The molecule has 0 N–H and O–H groups in total. The maximum absolute atomic E-state index is 3.49. The van der Waals surface area contributed by atoms with Gasteiger partial charge < -0.3 is 0 Å². The lowest BCUT2D eigenvalue weighted by Crippen LogP contribution is -1.90. The van der Waals surface area contributed by atoms with Crippen LogP contribution < -0.4 is 0 Å². The van der Waals surface area contributed by atoms with Crippen LogP contribution in [-0.4, -0.2) is 0 Å². The minimum Gasteiger partial charge on any atom is -0.0622 e. The second-order valence-electron chi connectivity index (χ2n) is 2.93. The van der Waals surface area contributed by atoms with Crippen LogP contribution in [0.25, 0.3) is 0 Å². The summed E-state index contributed by atoms with van der Waals surface area (Å²) in [5.74, 6) is 0.605. The summed E-state index contributed by atoms with van der Waals surface area (Å²) >= 11 is 3.49. The van der Waals surface area contributed by atoms with Gasteiger partial charge in [0.2, 0.25) is 0 Å². The molecule has 0 amide bonds. The van der Waals surface area contributed by atoms with E-state index in [9.17, 15) is 0 Å². The summed E-state index contributed by atoms with van der Waals surface area (Å²) in [6, 6.07) is 8.26. The van der Waals surface area contributed by atoms with Crippen molar-refractivity contribution in [2.75, 3.05) is 0 Å². The summed E-state index contributed by atoms with van der Waals surface area (Å²) in [5, 5.41) is 0. The van der Waals surface area contributed by atoms with Crippen molar-refractivity contribution in [3.05, 3.63) is 40.7 Å². The van der Waals surface area contributed by atoms with Gasteiger partial charge in [0.1, 0.15) is 0 Å². The molecule has 0 aliphatic rings. The molecule has 59 valence electrons. The monoisotopic (exact) mass is 211 g/mol. The summed E-state index contributed by atoms with van der Waals surface area (Å²) in [5.41, 5.74) is 1.28. The molecule has 0 unspecified atom stereocenters. The van der Waals surface area contributed by atoms with E-state index in [4.69, 9.17) is 0 Å². The fourth-order valence-corrected chi connectivity index (χ4v) is 1.39. The Bertz CT molecular complexity index is 228. The Labute approximate surface area is 76.8 Å². The molecule has 0 fully saturated rings. The van der Waals surface area contributed by atoms with Crippen molar-refractivity contribution in [2.45, 2.75) is 13.8 Å². The number of hydrogen-bond donors (Lipinski definition) is 0. The average molecular weight is 212 g/mol. The first-order valence-electron chi connectivity index (χ1n) is 3.79. The Kier molecular flexibility index (Phi) is 3.13. The third kappa shape index (κ3) is 2.66. The van der Waals surface area contributed by atoms with Crippen LogP contribution in [0.3, 0.4) is 0 Å². The molecule has 1 heteroatoms. The van der Waals surface area contributed by atoms with E-state index in [0.717, 1.165) is 0 Å². The smallest absolute Gasteiger partial charge is 0.0210 e. The van der Waals surface area contributed by atoms with E-state index >= 15 is 0 Å². The van der Waals surface area contributed by atoms with Crippen molar-refractivity contribution >= 4 is 15.9 Å². The molecule has 1 aromatic carbocycles. The summed E-state index contributed by atoms with van der Waals surface area (Å²) in [4.78, 5) is 0. The highest BCUT2D eigenvalue weighted by Gasteiger charge is 2.00. The molecule has 0 saturated carbocycles. The van der Waals surface area contributed by atoms with E-state index in [0.29, 0.717) is 5.92 Å². The van der Waals surface area contributed by atoms with Crippen molar-refractivity contribution in [1.29, 1.82) is 0 Å². The van der Waals surface area contributed by atoms with E-state index in [1.165, 1.54) is 10.0 Å². The predicted molar refractivity (Wildman–Crippen MR) is 52.4 cm³/mol. The normalized spacial score (nSPS) is 10.5. The van der Waals surface area contributed by atoms with Crippen LogP contribution in [0.1, 0.15) is 19.4 Å². The fourth-order valence-electron chi connectivity index (χ4n) is 0.969. The molecule has 11 heavy (non-hydrogen) atoms. The first kappa shape index (κ1) is 8.79. The SMILES string of the molecule is CC(C)[CH]c1ccccc1Br. The molecule has 0 nitrogen and oxygen atoms in total. The third-order valence-electron chi connectivity index (χ3n) is 1.42. The van der Waals surface area contributed by atoms with Crippen molar-refractivity contribution < 1.29 is 0 Å². The van der Waals surface area contributed by atoms with E-state index in [2.05, 4.69) is 54.4 Å². The Morgan fingerprint density at radius 1 is 1.27 bits per heavy atom. The molecule has 0 aliphatic heterocycles. The molecule has 0 aromatic heterocycles. The quantitative estimate of drug-likeness (QED) is 0.701. The lowest BCUT2D eigenvalue weighted by molar-refractivity contribution is 0.775. The van der Waals surface area contributed by atoms with Gasteiger partial charge in [-0.25, -0.2) is 0 Å². The summed E-state index contributed by atoms with van der Waals surface area (Å²) in [6.07, 6.45) is 2.24. The topological polar surface area (TPSA) is 0 Å². The first-order valence-corrected chi connectivity index (χ1v) is 4.59. The first-order chi connectivity index (χ1) is 5.20. The number of benzene rings is 1. The standard InChI is InChI=1S/C10H12Br/c1-8(2)7-9-5-3-4-6-10(9)11/h3-8H,1-2H3. The molecule has 0 atom stereocenters. The summed E-state index contributed by atoms with van der Waals surface area (Å²) in [6.45, 7) is 4.36. The minimum atomic E-state index is 0.605. The Morgan fingerprint density at radius 2 is 1.91 bits per heavy atom. The van der Waals surface area contributed by atoms with Gasteiger partial charge in [0.25, 0.3) is 0 Å². The van der Waals surface area contributed by atoms with Crippen LogP contribution in [0.15, 0.2) is 28.7 Å². The van der Waals surface area contributed by atoms with Crippen LogP contribution in [0.2, 0.25) is 0 Å². The van der Waals surface area contributed by atoms with Gasteiger partial charge in [-0.05, 0) is 24.0 Å². The van der Waals surface area contributed by atoms with Crippen LogP contribution in [0.5, 0.6) is 0 Å². The number of rotatable bonds is 2. The summed E-state index contributed by atoms with van der Waals surface area (Å²) < 4.78 is 1.17. The molecule has 0 heterocycles. The van der Waals surface area contributed by atoms with Crippen molar-refractivity contribution in [2.24, 2.45) is 5.92 Å². The predicted octanol–water partition coefficient (Wildman–Crippen LogP) is 3.66. The second kappa shape index (κ2) is 3.91. The zero-order chi connectivity index (χ0) is 8.27. The van der Waals surface area contributed by atoms with Crippen LogP contribution in [0, 0.1) is 12.3 Å². The van der Waals surface area contributed by atoms with Gasteiger partial charge in [-0.2, -0.15) is 0 Å². The van der Waals surface area contributed by atoms with Gasteiger partial charge in [0, 0.05) is 4.47 Å². The summed E-state index contributed by atoms with van der Waals surface area (Å²) in [7, 11) is 0. The van der Waals surface area contributed by atoms with Gasteiger partial charge in [-0.15, -0.1) is 0 Å². The fraction of sp³-hybridized carbons (Fsp3) is 0.300. The molecule has 0 spiro atoms. The Morgan fingerprint density at radius 3 is 2.45 bits per heavy atom. The van der Waals surface area contributed by atoms with Gasteiger partial charge in [0.15, 0.2) is 0 Å². The van der Waals surface area contributed by atoms with E-state index in [1.54, 1.807) is 0 Å². The van der Waals surface area contributed by atoms with Crippen LogP contribution >= 0.6 is 15.9 Å². The van der Waals surface area contributed by atoms with Gasteiger partial charge in [0.05, 0.1) is 0 Å². The highest BCUT2D eigenvalue weighted by Crippen LogP contribution is 2.20. The van der Waals surface area contributed by atoms with Gasteiger partial charge in [-0.1, -0.05) is 48.0 Å². The minimum absolute atomic E-state index is 0.605. The van der Waals surface area contributed by atoms with Crippen LogP contribution in [0.4, 0.5) is 0 Å². The Hall–Kier alpha value is -0.300. The van der Waals surface area contributed by atoms with Gasteiger partial charge in [-0.3, -0.25) is 0 Å². The largest absolute Gasteiger partial charge is 0.0622 e. The number of hydrogen-bond acceptors (Lipinski definition) is 0. The van der Waals surface area contributed by atoms with E-state index < -0.39 is 0 Å². The second-order valence-corrected chi connectivity index (χ2v) is 3.79. The molecule has 0 bridgehead atoms. The lowest BCUT2D eigenvalue weighted by atomic mass is 10.0. The zero-order valence-corrected chi connectivity index (χ0v) is 8.43. The highest BCUT2D eigenvalue weighted by molar-refractivity contribution is 9.10. The molecule has 1 aromatic rings. The van der Waals surface area contributed by atoms with Gasteiger partial charge >= 0.3 is 0 Å². The maximum Gasteiger partial charge on any atom is 0.0210 e. The van der Waals surface area contributed by atoms with Crippen molar-refractivity contribution in [1.82, 2.24) is 0 Å². The molecular weight excluding hydrogens is 200 g/mol. The molecular formula is C10H12Br. The van der Waals surface area contributed by atoms with Crippen molar-refractivity contribution in [3.63, 3.8) is 0 Å². The highest BCUT2D eigenvalue weighted by atomic mass is 79.9. The lowest BCUT2D eigenvalue weighted by Gasteiger charge is -2.05. The average Bonchev–Trinajstić information content (AvgIpc) is 1.93. The molecule has 1 radical (unpaired) electrons. The molecule has 0 aliphatic carbocycles. The Balaban J connectivity index is 2.78. The van der Waals surface area contributed by atoms with E-state index in [1.807, 2.05) is 6.07 Å². The molecule has 1 rings (SSSR count). The number of halogens is 1. The van der Waals surface area contributed by atoms with Crippen LogP contribution in [-0.2, 0) is 0 Å².